The number of carbonyl (C=O) groups excluding carboxylic acids is 1. The van der Waals surface area contributed by atoms with Crippen LogP contribution in [-0.4, -0.2) is 37.7 Å². The Morgan fingerprint density at radius 3 is 2.54 bits per heavy atom. The normalized spacial score (nSPS) is 10.7. The Morgan fingerprint density at radius 1 is 1.14 bits per heavy atom. The zero-order valence-corrected chi connectivity index (χ0v) is 16.3. The van der Waals surface area contributed by atoms with Crippen molar-refractivity contribution in [3.63, 3.8) is 0 Å². The maximum absolute atomic E-state index is 12.4. The van der Waals surface area contributed by atoms with Crippen molar-refractivity contribution >= 4 is 22.8 Å². The summed E-state index contributed by atoms with van der Waals surface area (Å²) in [4.78, 5) is 35.1. The fraction of sp³-hybridized carbons (Fsp3) is 0.450. The summed E-state index contributed by atoms with van der Waals surface area (Å²) in [6.45, 7) is 2.20. The van der Waals surface area contributed by atoms with Gasteiger partial charge in [0.25, 0.3) is 0 Å². The fourth-order valence-corrected chi connectivity index (χ4v) is 3.00. The lowest BCUT2D eigenvalue weighted by Crippen LogP contribution is -2.28. The van der Waals surface area contributed by atoms with E-state index in [-0.39, 0.29) is 24.3 Å². The van der Waals surface area contributed by atoms with Crippen LogP contribution in [0.25, 0.3) is 11.0 Å². The van der Waals surface area contributed by atoms with Gasteiger partial charge < -0.3 is 24.3 Å². The monoisotopic (exact) mass is 391 g/mol. The van der Waals surface area contributed by atoms with Crippen molar-refractivity contribution in [3.8, 4) is 11.5 Å². The number of carboxylic acid groups (broad SMARTS) is 1. The average molecular weight is 391 g/mol. The first kappa shape index (κ1) is 21.3. The quantitative estimate of drug-likeness (QED) is 0.472. The summed E-state index contributed by atoms with van der Waals surface area (Å²) in [5.41, 5.74) is 0.645. The van der Waals surface area contributed by atoms with E-state index in [1.165, 1.54) is 14.2 Å². The summed E-state index contributed by atoms with van der Waals surface area (Å²) >= 11 is 0. The third-order valence-electron chi connectivity index (χ3n) is 4.52. The van der Waals surface area contributed by atoms with Gasteiger partial charge in [-0.1, -0.05) is 6.42 Å². The van der Waals surface area contributed by atoms with Gasteiger partial charge in [-0.3, -0.25) is 9.59 Å². The number of fused-ring (bicyclic) bond motifs is 1. The summed E-state index contributed by atoms with van der Waals surface area (Å²) in [6, 6.07) is 3.48. The third kappa shape index (κ3) is 5.03. The van der Waals surface area contributed by atoms with Gasteiger partial charge in [0.15, 0.2) is 11.3 Å². The van der Waals surface area contributed by atoms with E-state index in [1.807, 2.05) is 0 Å². The van der Waals surface area contributed by atoms with Crippen LogP contribution in [0.15, 0.2) is 21.3 Å². The maximum Gasteiger partial charge on any atom is 0.340 e. The molecule has 0 fully saturated rings. The predicted molar refractivity (Wildman–Crippen MR) is 103 cm³/mol. The smallest absolute Gasteiger partial charge is 0.340 e. The SMILES string of the molecule is COc1ccc2c(C)c(CC(=O)NCCCCCC(=O)O)c(=O)oc2c1OC. The van der Waals surface area contributed by atoms with E-state index < -0.39 is 11.6 Å². The minimum Gasteiger partial charge on any atom is -0.493 e. The lowest BCUT2D eigenvalue weighted by Gasteiger charge is -2.13. The van der Waals surface area contributed by atoms with E-state index in [0.717, 1.165) is 0 Å². The number of methoxy groups -OCH3 is 2. The van der Waals surface area contributed by atoms with Gasteiger partial charge in [0.2, 0.25) is 11.7 Å². The molecule has 1 heterocycles. The van der Waals surface area contributed by atoms with Gasteiger partial charge in [-0.2, -0.15) is 0 Å². The first-order valence-electron chi connectivity index (χ1n) is 9.04. The highest BCUT2D eigenvalue weighted by atomic mass is 16.5. The van der Waals surface area contributed by atoms with Crippen molar-refractivity contribution in [1.82, 2.24) is 5.32 Å². The molecule has 0 spiro atoms. The zero-order valence-electron chi connectivity index (χ0n) is 16.3. The van der Waals surface area contributed by atoms with E-state index >= 15 is 0 Å². The van der Waals surface area contributed by atoms with Crippen molar-refractivity contribution in [2.75, 3.05) is 20.8 Å². The van der Waals surface area contributed by atoms with Crippen LogP contribution in [0.2, 0.25) is 0 Å². The number of hydrogen-bond donors (Lipinski definition) is 2. The fourth-order valence-electron chi connectivity index (χ4n) is 3.00. The number of rotatable bonds is 10. The molecule has 2 N–H and O–H groups in total. The molecule has 152 valence electrons. The Morgan fingerprint density at radius 2 is 1.89 bits per heavy atom. The maximum atomic E-state index is 12.4. The first-order valence-corrected chi connectivity index (χ1v) is 9.04. The van der Waals surface area contributed by atoms with Crippen molar-refractivity contribution in [1.29, 1.82) is 0 Å². The standard InChI is InChI=1S/C20H25NO7/c1-12-13-8-9-15(26-2)19(27-3)18(13)28-20(25)14(12)11-16(22)21-10-6-4-5-7-17(23)24/h8-9H,4-7,10-11H2,1-3H3,(H,21,22)(H,23,24). The van der Waals surface area contributed by atoms with Crippen molar-refractivity contribution in [3.05, 3.63) is 33.7 Å². The molecular formula is C20H25NO7. The Hall–Kier alpha value is -3.03. The van der Waals surface area contributed by atoms with Crippen molar-refractivity contribution < 1.29 is 28.6 Å². The number of unbranched alkanes of at least 4 members (excludes halogenated alkanes) is 2. The minimum atomic E-state index is -0.822. The van der Waals surface area contributed by atoms with Gasteiger partial charge in [-0.15, -0.1) is 0 Å². The summed E-state index contributed by atoms with van der Waals surface area (Å²) in [5, 5.41) is 12.0. The molecule has 0 radical (unpaired) electrons. The molecule has 1 aromatic carbocycles. The number of nitrogens with one attached hydrogen (secondary N) is 1. The Balaban J connectivity index is 2.10. The van der Waals surface area contributed by atoms with Crippen LogP contribution >= 0.6 is 0 Å². The molecule has 0 unspecified atom stereocenters. The molecule has 28 heavy (non-hydrogen) atoms. The van der Waals surface area contributed by atoms with Gasteiger partial charge in [-0.05, 0) is 37.5 Å². The second kappa shape index (κ2) is 9.77. The molecule has 0 saturated carbocycles. The Kier molecular flexibility index (Phi) is 7.43. The van der Waals surface area contributed by atoms with E-state index in [2.05, 4.69) is 5.32 Å². The van der Waals surface area contributed by atoms with Crippen molar-refractivity contribution in [2.24, 2.45) is 0 Å². The van der Waals surface area contributed by atoms with Gasteiger partial charge >= 0.3 is 11.6 Å². The van der Waals surface area contributed by atoms with Crippen LogP contribution in [0.3, 0.4) is 0 Å². The van der Waals surface area contributed by atoms with Gasteiger partial charge in [0, 0.05) is 18.4 Å². The van der Waals surface area contributed by atoms with E-state index in [9.17, 15) is 14.4 Å². The second-order valence-corrected chi connectivity index (χ2v) is 6.40. The molecule has 2 rings (SSSR count). The summed E-state index contributed by atoms with van der Waals surface area (Å²) in [6.07, 6.45) is 2.00. The summed E-state index contributed by atoms with van der Waals surface area (Å²) in [7, 11) is 2.96. The number of hydrogen-bond acceptors (Lipinski definition) is 6. The van der Waals surface area contributed by atoms with Crippen molar-refractivity contribution in [2.45, 2.75) is 39.0 Å². The van der Waals surface area contributed by atoms with E-state index in [1.54, 1.807) is 19.1 Å². The molecule has 0 aliphatic rings. The lowest BCUT2D eigenvalue weighted by molar-refractivity contribution is -0.137. The molecule has 1 aromatic heterocycles. The minimum absolute atomic E-state index is 0.0897. The zero-order chi connectivity index (χ0) is 20.7. The van der Waals surface area contributed by atoms with Gasteiger partial charge in [0.05, 0.1) is 26.2 Å². The second-order valence-electron chi connectivity index (χ2n) is 6.40. The number of carboxylic acids is 1. The molecule has 8 heteroatoms. The molecule has 0 aliphatic carbocycles. The molecule has 0 aliphatic heterocycles. The highest BCUT2D eigenvalue weighted by Gasteiger charge is 2.19. The number of aryl methyl sites for hydroxylation is 1. The number of carbonyl (C=O) groups is 2. The van der Waals surface area contributed by atoms with E-state index in [4.69, 9.17) is 19.0 Å². The molecule has 0 saturated heterocycles. The Bertz CT molecular complexity index is 917. The molecular weight excluding hydrogens is 366 g/mol. The number of amides is 1. The van der Waals surface area contributed by atoms with Crippen LogP contribution in [0, 0.1) is 6.92 Å². The van der Waals surface area contributed by atoms with Gasteiger partial charge in [0.1, 0.15) is 0 Å². The molecule has 0 bridgehead atoms. The summed E-state index contributed by atoms with van der Waals surface area (Å²) in [5.74, 6) is -0.325. The summed E-state index contributed by atoms with van der Waals surface area (Å²) < 4.78 is 16.0. The van der Waals surface area contributed by atoms with Crippen LogP contribution in [0.1, 0.15) is 36.8 Å². The number of benzene rings is 1. The van der Waals surface area contributed by atoms with Crippen LogP contribution in [0.4, 0.5) is 0 Å². The highest BCUT2D eigenvalue weighted by Crippen LogP contribution is 2.36. The average Bonchev–Trinajstić information content (AvgIpc) is 2.66. The van der Waals surface area contributed by atoms with Crippen LogP contribution in [0.5, 0.6) is 11.5 Å². The molecule has 2 aromatic rings. The molecule has 8 nitrogen and oxygen atoms in total. The highest BCUT2D eigenvalue weighted by molar-refractivity contribution is 5.89. The topological polar surface area (TPSA) is 115 Å². The van der Waals surface area contributed by atoms with Gasteiger partial charge in [-0.25, -0.2) is 4.79 Å². The van der Waals surface area contributed by atoms with E-state index in [0.29, 0.717) is 53.8 Å². The Labute approximate surface area is 162 Å². The predicted octanol–water partition coefficient (Wildman–Crippen LogP) is 2.42. The lowest BCUT2D eigenvalue weighted by atomic mass is 10.0. The molecule has 1 amide bonds. The molecule has 0 atom stereocenters. The van der Waals surface area contributed by atoms with Crippen LogP contribution in [-0.2, 0) is 16.0 Å². The van der Waals surface area contributed by atoms with Crippen LogP contribution < -0.4 is 20.4 Å². The third-order valence-corrected chi connectivity index (χ3v) is 4.52. The largest absolute Gasteiger partial charge is 0.493 e. The number of aliphatic carboxylic acids is 1. The number of ether oxygens (including phenoxy) is 2. The first-order chi connectivity index (χ1) is 13.4.